The zero-order valence-corrected chi connectivity index (χ0v) is 23.1. The van der Waals surface area contributed by atoms with E-state index in [1.165, 1.54) is 38.2 Å². The van der Waals surface area contributed by atoms with Gasteiger partial charge in [0, 0.05) is 0 Å². The third-order valence-corrected chi connectivity index (χ3v) is 7.25. The quantitative estimate of drug-likeness (QED) is 0.0845. The molecule has 1 aliphatic heterocycles. The van der Waals surface area contributed by atoms with Crippen LogP contribution in [0.4, 0.5) is 0 Å². The molecule has 0 spiro atoms. The zero-order valence-electron chi connectivity index (χ0n) is 15.8. The standard InChI is InChI=1S/C13H9.C11H8BrS.2ClH.H2S.Zr/c1-3-7-12-10(5-1)9-11-6-2-4-8-13(11)12;12-11-9-5-7-3-1-2-4-8(7)10(9)6-13-11;;;;/h1-9H;1-6,10-11H;2*1H;1H2;/q2*-1;;;;+2/p-3. The van der Waals surface area contributed by atoms with Gasteiger partial charge in [0.15, 0.2) is 0 Å². The average Bonchev–Trinajstić information content (AvgIpc) is 3.42. The molecule has 4 aromatic carbocycles. The molecule has 1 aliphatic carbocycles. The van der Waals surface area contributed by atoms with Gasteiger partial charge in [-0.15, -0.1) is 45.7 Å². The van der Waals surface area contributed by atoms with Crippen molar-refractivity contribution in [2.45, 2.75) is 10.1 Å². The van der Waals surface area contributed by atoms with Crippen LogP contribution in [0.1, 0.15) is 17.0 Å². The molecule has 6 rings (SSSR count). The number of halogens is 3. The maximum absolute atomic E-state index is 4.93. The zero-order chi connectivity index (χ0) is 20.2. The van der Waals surface area contributed by atoms with Crippen molar-refractivity contribution in [3.05, 3.63) is 101 Å². The molecule has 1 saturated heterocycles. The van der Waals surface area contributed by atoms with E-state index < -0.39 is 20.8 Å². The van der Waals surface area contributed by atoms with Gasteiger partial charge < -0.3 is 25.3 Å². The summed E-state index contributed by atoms with van der Waals surface area (Å²) in [7, 11) is 9.87. The van der Waals surface area contributed by atoms with E-state index in [-0.39, 0.29) is 13.5 Å². The van der Waals surface area contributed by atoms with Crippen LogP contribution in [-0.2, 0) is 34.3 Å². The van der Waals surface area contributed by atoms with Gasteiger partial charge >= 0.3 is 37.9 Å². The molecule has 4 aromatic rings. The number of hydrogen-bond acceptors (Lipinski definition) is 2. The second kappa shape index (κ2) is 11.7. The van der Waals surface area contributed by atoms with E-state index in [4.69, 9.17) is 17.0 Å². The van der Waals surface area contributed by atoms with Crippen molar-refractivity contribution in [3.8, 4) is 0 Å². The molecule has 0 aromatic heterocycles. The van der Waals surface area contributed by atoms with Gasteiger partial charge in [0.2, 0.25) is 0 Å². The van der Waals surface area contributed by atoms with Gasteiger partial charge in [-0.05, 0) is 5.56 Å². The second-order valence-corrected chi connectivity index (χ2v) is 13.0. The summed E-state index contributed by atoms with van der Waals surface area (Å²) in [5.74, 6) is 2.89. The molecule has 1 heterocycles. The van der Waals surface area contributed by atoms with Crippen LogP contribution in [0.2, 0.25) is 0 Å². The van der Waals surface area contributed by atoms with Crippen molar-refractivity contribution in [1.29, 1.82) is 0 Å². The normalized spacial score (nSPS) is 18.2. The largest absolute Gasteiger partial charge is 0.813 e. The molecule has 0 radical (unpaired) electrons. The monoisotopic (exact) mass is 609 g/mol. The fourth-order valence-electron chi connectivity index (χ4n) is 3.86. The maximum Gasteiger partial charge on any atom is -0.0771 e. The number of alkyl halides is 1. The Morgan fingerprint density at radius 2 is 1.37 bits per heavy atom. The molecular formula is C24H18BrCl2S2Zr-3. The van der Waals surface area contributed by atoms with Gasteiger partial charge in [0.25, 0.3) is 0 Å². The van der Waals surface area contributed by atoms with Gasteiger partial charge in [-0.2, -0.15) is 0 Å². The molecule has 2 unspecified atom stereocenters. The Morgan fingerprint density at radius 1 is 0.833 bits per heavy atom. The summed E-state index contributed by atoms with van der Waals surface area (Å²) in [5.41, 5.74) is 4.36. The van der Waals surface area contributed by atoms with Crippen LogP contribution in [0, 0.1) is 5.75 Å². The van der Waals surface area contributed by atoms with Crippen molar-refractivity contribution >= 4 is 85.8 Å². The van der Waals surface area contributed by atoms with Crippen LogP contribution < -0.4 is 0 Å². The van der Waals surface area contributed by atoms with E-state index in [9.17, 15) is 0 Å². The Balaban J connectivity index is 0.000000147. The first-order valence-corrected chi connectivity index (χ1v) is 17.3. The van der Waals surface area contributed by atoms with Crippen LogP contribution in [0.25, 0.3) is 27.6 Å². The molecule has 0 amide bonds. The fraction of sp³-hybridized carbons (Fsp3) is 0.0833. The minimum Gasteiger partial charge on any atom is -0.813 e. The summed E-state index contributed by atoms with van der Waals surface area (Å²) in [6, 6.07) is 27.9. The van der Waals surface area contributed by atoms with Crippen molar-refractivity contribution in [1.82, 2.24) is 0 Å². The van der Waals surface area contributed by atoms with E-state index in [0.717, 1.165) is 0 Å². The molecule has 0 N–H and O–H groups in total. The molecule has 30 heavy (non-hydrogen) atoms. The third-order valence-electron chi connectivity index (χ3n) is 5.13. The summed E-state index contributed by atoms with van der Waals surface area (Å²) < 4.78 is 0.491. The van der Waals surface area contributed by atoms with Crippen molar-refractivity contribution in [2.24, 2.45) is 0 Å². The van der Waals surface area contributed by atoms with Crippen LogP contribution in [-0.4, -0.2) is 4.16 Å². The van der Waals surface area contributed by atoms with Crippen LogP contribution in [0.3, 0.4) is 0 Å². The fourth-order valence-corrected chi connectivity index (χ4v) is 5.62. The molecule has 0 bridgehead atoms. The van der Waals surface area contributed by atoms with Gasteiger partial charge in [0.05, 0.1) is 4.16 Å². The molecule has 2 atom stereocenters. The van der Waals surface area contributed by atoms with Crippen molar-refractivity contribution < 1.29 is 20.8 Å². The molecule has 154 valence electrons. The molecule has 0 saturated carbocycles. The van der Waals surface area contributed by atoms with E-state index in [1.807, 2.05) is 11.8 Å². The third kappa shape index (κ3) is 5.27. The summed E-state index contributed by atoms with van der Waals surface area (Å²) >= 11 is 4.72. The predicted molar refractivity (Wildman–Crippen MR) is 139 cm³/mol. The van der Waals surface area contributed by atoms with E-state index in [2.05, 4.69) is 107 Å². The number of rotatable bonds is 0. The van der Waals surface area contributed by atoms with E-state index >= 15 is 0 Å². The Morgan fingerprint density at radius 3 is 2.00 bits per heavy atom. The number of fused-ring (bicyclic) bond motifs is 6. The smallest absolute Gasteiger partial charge is 0.0771 e. The van der Waals surface area contributed by atoms with Gasteiger partial charge in [-0.1, -0.05) is 93.8 Å². The number of benzene rings is 3. The molecule has 6 heteroatoms. The van der Waals surface area contributed by atoms with Gasteiger partial charge in [-0.3, -0.25) is 5.75 Å². The maximum atomic E-state index is 4.93. The van der Waals surface area contributed by atoms with Crippen molar-refractivity contribution in [2.75, 3.05) is 0 Å². The molecule has 1 fully saturated rings. The van der Waals surface area contributed by atoms with Crippen LogP contribution in [0.15, 0.2) is 84.4 Å². The number of hydrogen-bond donors (Lipinski definition) is 0. The summed E-state index contributed by atoms with van der Waals surface area (Å²) in [6.45, 7) is 0. The topological polar surface area (TPSA) is 0 Å². The first-order chi connectivity index (χ1) is 14.2. The predicted octanol–water partition coefficient (Wildman–Crippen LogP) is 8.62. The SMILES string of the molecule is BrC1S[CH-]C2C1=Cc1ccccc12.[Cl][Zr][Cl].[SH-].c1ccc2c(c1)[cH-]c1ccccc12. The second-order valence-electron chi connectivity index (χ2n) is 6.73. The average molecular weight is 613 g/mol. The van der Waals surface area contributed by atoms with Crippen molar-refractivity contribution in [3.63, 3.8) is 0 Å². The van der Waals surface area contributed by atoms with Gasteiger partial charge in [-0.25, -0.2) is 0 Å². The van der Waals surface area contributed by atoms with E-state index in [1.54, 1.807) is 0 Å². The minimum atomic E-state index is -0.826. The summed E-state index contributed by atoms with van der Waals surface area (Å²) in [5, 5.41) is 5.39. The Labute approximate surface area is 216 Å². The Hall–Kier alpha value is -0.0869. The van der Waals surface area contributed by atoms with Gasteiger partial charge in [0.1, 0.15) is 0 Å². The first-order valence-electron chi connectivity index (χ1n) is 9.15. The number of thioether (sulfide) groups is 1. The van der Waals surface area contributed by atoms with E-state index in [0.29, 0.717) is 10.1 Å². The Bertz CT molecular complexity index is 1110. The molecule has 2 aliphatic rings. The summed E-state index contributed by atoms with van der Waals surface area (Å²) in [4.78, 5) is 0. The Kier molecular flexibility index (Phi) is 9.56. The molecule has 0 nitrogen and oxygen atoms in total. The number of thiol groups is 1. The van der Waals surface area contributed by atoms with Crippen LogP contribution in [0.5, 0.6) is 0 Å². The molecular weight excluding hydrogens is 594 g/mol. The first kappa shape index (κ1) is 24.6. The van der Waals surface area contributed by atoms with Crippen LogP contribution >= 0.6 is 44.7 Å². The summed E-state index contributed by atoms with van der Waals surface area (Å²) in [6.07, 6.45) is 2.32. The minimum absolute atomic E-state index is 0.